The molecule has 0 spiro atoms. The number of pyridine rings is 1. The quantitative estimate of drug-likeness (QED) is 0.111. The number of hydrogen-bond donors (Lipinski definition) is 1. The Morgan fingerprint density at radius 3 is 2.29 bits per heavy atom. The van der Waals surface area contributed by atoms with Crippen LogP contribution in [0.5, 0.6) is 0 Å². The fraction of sp³-hybridized carbons (Fsp3) is 0.286. The molecule has 6 rings (SSSR count). The average Bonchev–Trinajstić information content (AvgIpc) is 3.34. The Morgan fingerprint density at radius 2 is 1.60 bits per heavy atom. The number of hydrogen-bond acceptors (Lipinski definition) is 6. The first-order valence-corrected chi connectivity index (χ1v) is 14.6. The number of nitrogens with zero attached hydrogens (tertiary/aromatic N) is 4. The van der Waals surface area contributed by atoms with Gasteiger partial charge in [-0.15, -0.1) is 5.39 Å². The minimum atomic E-state index is 0. The average molecular weight is 738 g/mol. The van der Waals surface area contributed by atoms with Crippen molar-refractivity contribution in [3.8, 4) is 0 Å². The standard InChI is InChI=1S/C22H13N4.C13H24O2.Ir/c1-2-9-16(10-3-1)25-19-13-6-14-23-21(19)26-18-12-5-8-15-7-4-11-17(20(15)18)24-22(25)26;1-5-10(6-2)12(14)9-13(15)11(7-3)8-4;/h1-11,13-14H;9-11,14H,5-8H2,1-4H3;/q-1;;/b;12-9-;. The molecule has 0 fully saturated rings. The molecule has 1 aromatic heterocycles. The van der Waals surface area contributed by atoms with E-state index in [0.717, 1.165) is 71.0 Å². The molecule has 1 radical (unpaired) electrons. The summed E-state index contributed by atoms with van der Waals surface area (Å²) in [5, 5.41) is 12.0. The molecule has 2 aliphatic rings. The number of aliphatic imine (C=N–C) groups is 1. The molecule has 0 aliphatic carbocycles. The summed E-state index contributed by atoms with van der Waals surface area (Å²) >= 11 is 0. The van der Waals surface area contributed by atoms with Crippen LogP contribution in [0.15, 0.2) is 95.8 Å². The second-order valence-corrected chi connectivity index (χ2v) is 10.3. The number of allylic oxidation sites excluding steroid dienone is 2. The molecule has 3 aromatic carbocycles. The van der Waals surface area contributed by atoms with Gasteiger partial charge in [0.2, 0.25) is 5.96 Å². The van der Waals surface area contributed by atoms with Crippen LogP contribution in [0.4, 0.5) is 28.6 Å². The van der Waals surface area contributed by atoms with Gasteiger partial charge < -0.3 is 5.11 Å². The minimum Gasteiger partial charge on any atom is -0.512 e. The summed E-state index contributed by atoms with van der Waals surface area (Å²) in [6, 6.07) is 28.0. The van der Waals surface area contributed by atoms with Crippen LogP contribution in [0.1, 0.15) is 53.4 Å². The largest absolute Gasteiger partial charge is 0.512 e. The van der Waals surface area contributed by atoms with Crippen molar-refractivity contribution in [1.82, 2.24) is 4.98 Å². The van der Waals surface area contributed by atoms with Gasteiger partial charge in [-0.3, -0.25) is 14.6 Å². The number of para-hydroxylation sites is 1. The molecule has 0 atom stereocenters. The molecule has 0 bridgehead atoms. The normalized spacial score (nSPS) is 13.3. The van der Waals surface area contributed by atoms with Crippen LogP contribution in [0, 0.1) is 17.9 Å². The summed E-state index contributed by atoms with van der Waals surface area (Å²) in [5.74, 6) is 2.27. The van der Waals surface area contributed by atoms with E-state index in [-0.39, 0.29) is 43.5 Å². The molecular weight excluding hydrogens is 701 g/mol. The zero-order valence-electron chi connectivity index (χ0n) is 24.5. The van der Waals surface area contributed by atoms with Gasteiger partial charge in [-0.2, -0.15) is 18.2 Å². The fourth-order valence-electron chi connectivity index (χ4n) is 5.57. The summed E-state index contributed by atoms with van der Waals surface area (Å²) in [6.45, 7) is 8.07. The van der Waals surface area contributed by atoms with E-state index in [1.165, 1.54) is 6.08 Å². The Hall–Kier alpha value is -3.80. The van der Waals surface area contributed by atoms with Gasteiger partial charge in [0.05, 0.1) is 11.4 Å². The number of aliphatic hydroxyl groups excluding tert-OH is 1. The Balaban J connectivity index is 0.000000221. The van der Waals surface area contributed by atoms with Gasteiger partial charge in [-0.1, -0.05) is 69.1 Å². The molecule has 0 saturated carbocycles. The van der Waals surface area contributed by atoms with Crippen LogP contribution in [0.25, 0.3) is 10.8 Å². The van der Waals surface area contributed by atoms with Crippen LogP contribution in [-0.2, 0) is 24.9 Å². The molecule has 7 heteroatoms. The maximum Gasteiger partial charge on any atom is 0.218 e. The topological polar surface area (TPSA) is 69.0 Å². The Labute approximate surface area is 262 Å². The van der Waals surface area contributed by atoms with Crippen molar-refractivity contribution in [3.05, 3.63) is 96.9 Å². The van der Waals surface area contributed by atoms with Gasteiger partial charge >= 0.3 is 0 Å². The van der Waals surface area contributed by atoms with Crippen LogP contribution < -0.4 is 9.80 Å². The van der Waals surface area contributed by atoms with E-state index < -0.39 is 0 Å². The van der Waals surface area contributed by atoms with E-state index in [9.17, 15) is 9.90 Å². The van der Waals surface area contributed by atoms with Gasteiger partial charge in [0, 0.05) is 55.6 Å². The zero-order chi connectivity index (χ0) is 28.9. The molecule has 1 N–H and O–H groups in total. The van der Waals surface area contributed by atoms with E-state index in [4.69, 9.17) is 4.99 Å². The molecule has 219 valence electrons. The van der Waals surface area contributed by atoms with Crippen LogP contribution in [0.2, 0.25) is 0 Å². The Bertz CT molecular complexity index is 1590. The summed E-state index contributed by atoms with van der Waals surface area (Å²) in [6.07, 6.45) is 6.73. The molecule has 42 heavy (non-hydrogen) atoms. The van der Waals surface area contributed by atoms with Crippen LogP contribution in [0.3, 0.4) is 0 Å². The maximum absolute atomic E-state index is 11.7. The van der Waals surface area contributed by atoms with Crippen molar-refractivity contribution in [2.45, 2.75) is 53.4 Å². The van der Waals surface area contributed by atoms with E-state index in [2.05, 4.69) is 57.2 Å². The van der Waals surface area contributed by atoms with E-state index >= 15 is 0 Å². The number of carbonyl (C=O) groups excluding carboxylic acids is 1. The Kier molecular flexibility index (Phi) is 10.3. The number of anilines is 4. The number of benzene rings is 3. The van der Waals surface area contributed by atoms with Crippen molar-refractivity contribution in [1.29, 1.82) is 0 Å². The van der Waals surface area contributed by atoms with Crippen molar-refractivity contribution in [3.63, 3.8) is 0 Å². The second kappa shape index (κ2) is 13.9. The number of ketones is 1. The number of carbonyl (C=O) groups is 1. The molecular formula is C35H37IrN4O2-. The van der Waals surface area contributed by atoms with E-state index in [0.29, 0.717) is 0 Å². The fourth-order valence-corrected chi connectivity index (χ4v) is 5.57. The van der Waals surface area contributed by atoms with Gasteiger partial charge in [0.15, 0.2) is 11.6 Å². The SMILES string of the molecule is CCC(CC)C(=O)/C=C(\O)C(CC)CC.[Ir].[c-]1ccc2cccc3c2c1N1C(=N3)N(c2ccccc2)c2cccnc21. The van der Waals surface area contributed by atoms with Gasteiger partial charge in [0.25, 0.3) is 0 Å². The molecule has 0 unspecified atom stereocenters. The van der Waals surface area contributed by atoms with Crippen molar-refractivity contribution in [2.24, 2.45) is 16.8 Å². The predicted molar refractivity (Wildman–Crippen MR) is 169 cm³/mol. The summed E-state index contributed by atoms with van der Waals surface area (Å²) in [7, 11) is 0. The smallest absolute Gasteiger partial charge is 0.218 e. The predicted octanol–water partition coefficient (Wildman–Crippen LogP) is 9.19. The third-order valence-corrected chi connectivity index (χ3v) is 7.95. The molecule has 0 amide bonds. The van der Waals surface area contributed by atoms with Crippen LogP contribution >= 0.6 is 0 Å². The molecule has 0 saturated heterocycles. The third kappa shape index (κ3) is 5.90. The van der Waals surface area contributed by atoms with E-state index in [1.54, 1.807) is 0 Å². The first-order valence-electron chi connectivity index (χ1n) is 14.6. The molecule has 2 aliphatic heterocycles. The first kappa shape index (κ1) is 31.1. The number of aromatic nitrogens is 1. The maximum atomic E-state index is 11.7. The van der Waals surface area contributed by atoms with Gasteiger partial charge in [-0.25, -0.2) is 9.98 Å². The van der Waals surface area contributed by atoms with Gasteiger partial charge in [-0.05, 0) is 56.0 Å². The first-order chi connectivity index (χ1) is 20.0. The number of aliphatic hydroxyl groups is 1. The van der Waals surface area contributed by atoms with Crippen molar-refractivity contribution >= 4 is 51.1 Å². The molecule has 4 aromatic rings. The van der Waals surface area contributed by atoms with Crippen LogP contribution in [-0.4, -0.2) is 21.8 Å². The van der Waals surface area contributed by atoms with E-state index in [1.807, 2.05) is 70.3 Å². The Morgan fingerprint density at radius 1 is 0.881 bits per heavy atom. The summed E-state index contributed by atoms with van der Waals surface area (Å²) in [5.41, 5.74) is 4.06. The molecule has 6 nitrogen and oxygen atoms in total. The number of rotatable bonds is 8. The summed E-state index contributed by atoms with van der Waals surface area (Å²) in [4.78, 5) is 25.7. The van der Waals surface area contributed by atoms with Gasteiger partial charge in [0.1, 0.15) is 0 Å². The summed E-state index contributed by atoms with van der Waals surface area (Å²) < 4.78 is 0. The third-order valence-electron chi connectivity index (χ3n) is 7.95. The van der Waals surface area contributed by atoms with Crippen molar-refractivity contribution in [2.75, 3.05) is 9.80 Å². The number of fused-ring (bicyclic) bond motifs is 4. The second-order valence-electron chi connectivity index (χ2n) is 10.3. The van der Waals surface area contributed by atoms with Crippen molar-refractivity contribution < 1.29 is 30.0 Å². The monoisotopic (exact) mass is 738 g/mol. The number of guanidine groups is 1. The molecule has 3 heterocycles. The minimum absolute atomic E-state index is 0. The zero-order valence-corrected chi connectivity index (χ0v) is 26.9.